The van der Waals surface area contributed by atoms with E-state index in [4.69, 9.17) is 5.73 Å². The molecule has 0 fully saturated rings. The zero-order valence-corrected chi connectivity index (χ0v) is 13.0. The summed E-state index contributed by atoms with van der Waals surface area (Å²) in [6.45, 7) is 2.10. The van der Waals surface area contributed by atoms with Gasteiger partial charge >= 0.3 is 5.97 Å². The molecule has 0 bridgehead atoms. The van der Waals surface area contributed by atoms with Gasteiger partial charge in [-0.2, -0.15) is 0 Å². The Bertz CT molecular complexity index is 626. The van der Waals surface area contributed by atoms with Gasteiger partial charge in [-0.05, 0) is 36.6 Å². The lowest BCUT2D eigenvalue weighted by Gasteiger charge is -2.17. The van der Waals surface area contributed by atoms with Crippen LogP contribution >= 0.6 is 0 Å². The molecule has 0 aliphatic heterocycles. The lowest BCUT2D eigenvalue weighted by atomic mass is 10.1. The Kier molecular flexibility index (Phi) is 5.42. The van der Waals surface area contributed by atoms with Gasteiger partial charge in [0.1, 0.15) is 0 Å². The molecule has 0 spiro atoms. The van der Waals surface area contributed by atoms with Crippen LogP contribution in [0.5, 0.6) is 0 Å². The van der Waals surface area contributed by atoms with Crippen LogP contribution in [0.2, 0.25) is 0 Å². The number of esters is 1. The Labute approximate surface area is 131 Å². The first-order valence-corrected chi connectivity index (χ1v) is 7.37. The fraction of sp³-hybridized carbons (Fsp3) is 0.278. The summed E-state index contributed by atoms with van der Waals surface area (Å²) in [6.07, 6.45) is 0.995. The average Bonchev–Trinajstić information content (AvgIpc) is 2.55. The highest BCUT2D eigenvalue weighted by atomic mass is 16.5. The third-order valence-corrected chi connectivity index (χ3v) is 3.63. The molecule has 0 aliphatic carbocycles. The molecule has 1 atom stereocenters. The first kappa shape index (κ1) is 15.9. The van der Waals surface area contributed by atoms with Crippen molar-refractivity contribution in [1.82, 2.24) is 0 Å². The van der Waals surface area contributed by atoms with Gasteiger partial charge in [0.2, 0.25) is 0 Å². The van der Waals surface area contributed by atoms with Crippen LogP contribution in [-0.2, 0) is 16.0 Å². The van der Waals surface area contributed by atoms with Gasteiger partial charge in [-0.15, -0.1) is 0 Å². The molecule has 2 aromatic rings. The molecule has 4 heteroatoms. The highest BCUT2D eigenvalue weighted by Crippen LogP contribution is 2.25. The second-order valence-electron chi connectivity index (χ2n) is 5.27. The normalized spacial score (nSPS) is 11.7. The first-order chi connectivity index (χ1) is 10.6. The predicted molar refractivity (Wildman–Crippen MR) is 89.7 cm³/mol. The van der Waals surface area contributed by atoms with Gasteiger partial charge in [0.25, 0.3) is 0 Å². The topological polar surface area (TPSA) is 64.3 Å². The van der Waals surface area contributed by atoms with Crippen LogP contribution in [0, 0.1) is 0 Å². The monoisotopic (exact) mass is 298 g/mol. The third-order valence-electron chi connectivity index (χ3n) is 3.63. The molecular formula is C18H22N2O2. The molecule has 0 saturated carbocycles. The minimum Gasteiger partial charge on any atom is -0.469 e. The molecule has 3 N–H and O–H groups in total. The van der Waals surface area contributed by atoms with Crippen LogP contribution in [-0.4, -0.2) is 13.1 Å². The summed E-state index contributed by atoms with van der Waals surface area (Å²) in [7, 11) is 1.40. The van der Waals surface area contributed by atoms with E-state index in [1.165, 1.54) is 12.7 Å². The minimum atomic E-state index is -0.210. The fourth-order valence-corrected chi connectivity index (χ4v) is 2.31. The molecule has 4 nitrogen and oxygen atoms in total. The second kappa shape index (κ2) is 7.50. The highest BCUT2D eigenvalue weighted by molar-refractivity contribution is 5.70. The second-order valence-corrected chi connectivity index (χ2v) is 5.27. The van der Waals surface area contributed by atoms with Crippen LogP contribution in [0.25, 0.3) is 0 Å². The molecule has 0 saturated heterocycles. The maximum absolute atomic E-state index is 11.2. The van der Waals surface area contributed by atoms with Gasteiger partial charge in [0, 0.05) is 12.5 Å². The van der Waals surface area contributed by atoms with E-state index in [-0.39, 0.29) is 12.0 Å². The molecule has 0 aromatic heterocycles. The standard InChI is InChI=1S/C18H22N2O2/c1-13(15-6-4-3-5-7-15)20-17-10-8-14(12-16(17)19)9-11-18(21)22-2/h3-8,10,12-13,20H,9,11,19H2,1-2H3. The van der Waals surface area contributed by atoms with Crippen molar-refractivity contribution in [3.05, 3.63) is 59.7 Å². The Morgan fingerprint density at radius 2 is 1.95 bits per heavy atom. The zero-order valence-electron chi connectivity index (χ0n) is 13.0. The zero-order chi connectivity index (χ0) is 15.9. The van der Waals surface area contributed by atoms with Crippen molar-refractivity contribution < 1.29 is 9.53 Å². The maximum atomic E-state index is 11.2. The molecular weight excluding hydrogens is 276 g/mol. The number of carbonyl (C=O) groups is 1. The van der Waals surface area contributed by atoms with E-state index < -0.39 is 0 Å². The van der Waals surface area contributed by atoms with Crippen LogP contribution in [0.4, 0.5) is 11.4 Å². The quantitative estimate of drug-likeness (QED) is 0.632. The highest BCUT2D eigenvalue weighted by Gasteiger charge is 2.08. The van der Waals surface area contributed by atoms with Gasteiger partial charge < -0.3 is 15.8 Å². The number of rotatable bonds is 6. The van der Waals surface area contributed by atoms with Crippen molar-refractivity contribution in [1.29, 1.82) is 0 Å². The van der Waals surface area contributed by atoms with E-state index in [0.29, 0.717) is 18.5 Å². The SMILES string of the molecule is COC(=O)CCc1ccc(NC(C)c2ccccc2)c(N)c1. The molecule has 0 amide bonds. The number of methoxy groups -OCH3 is 1. The molecule has 0 radical (unpaired) electrons. The number of hydrogen-bond donors (Lipinski definition) is 2. The van der Waals surface area contributed by atoms with Gasteiger partial charge in [-0.25, -0.2) is 0 Å². The number of benzene rings is 2. The van der Waals surface area contributed by atoms with Crippen LogP contribution in [0.1, 0.15) is 30.5 Å². The van der Waals surface area contributed by atoms with Crippen molar-refractivity contribution in [3.8, 4) is 0 Å². The molecule has 1 unspecified atom stereocenters. The first-order valence-electron chi connectivity index (χ1n) is 7.37. The average molecular weight is 298 g/mol. The van der Waals surface area contributed by atoms with Gasteiger partial charge in [0.05, 0.1) is 18.5 Å². The van der Waals surface area contributed by atoms with E-state index in [0.717, 1.165) is 11.3 Å². The number of anilines is 2. The van der Waals surface area contributed by atoms with Crippen molar-refractivity contribution in [3.63, 3.8) is 0 Å². The molecule has 0 heterocycles. The third kappa shape index (κ3) is 4.25. The molecule has 2 aromatic carbocycles. The summed E-state index contributed by atoms with van der Waals surface area (Å²) in [5, 5.41) is 3.41. The smallest absolute Gasteiger partial charge is 0.305 e. The summed E-state index contributed by atoms with van der Waals surface area (Å²) in [4.78, 5) is 11.2. The van der Waals surface area contributed by atoms with Gasteiger partial charge in [-0.1, -0.05) is 36.4 Å². The number of hydrogen-bond acceptors (Lipinski definition) is 4. The van der Waals surface area contributed by atoms with Crippen LogP contribution in [0.3, 0.4) is 0 Å². The van der Waals surface area contributed by atoms with Crippen molar-refractivity contribution in [2.24, 2.45) is 0 Å². The summed E-state index contributed by atoms with van der Waals surface area (Å²) < 4.78 is 4.64. The number of nitrogens with two attached hydrogens (primary N) is 1. The minimum absolute atomic E-state index is 0.171. The summed E-state index contributed by atoms with van der Waals surface area (Å²) in [6, 6.07) is 16.2. The molecule has 116 valence electrons. The Hall–Kier alpha value is -2.49. The number of nitrogen functional groups attached to an aromatic ring is 1. The predicted octanol–water partition coefficient (Wildman–Crippen LogP) is 3.55. The van der Waals surface area contributed by atoms with E-state index in [1.807, 2.05) is 36.4 Å². The number of nitrogens with one attached hydrogen (secondary N) is 1. The Morgan fingerprint density at radius 1 is 1.23 bits per heavy atom. The molecule has 22 heavy (non-hydrogen) atoms. The van der Waals surface area contributed by atoms with Crippen LogP contribution < -0.4 is 11.1 Å². The van der Waals surface area contributed by atoms with Crippen molar-refractivity contribution in [2.45, 2.75) is 25.8 Å². The molecule has 2 rings (SSSR count). The maximum Gasteiger partial charge on any atom is 0.305 e. The van der Waals surface area contributed by atoms with Gasteiger partial charge in [-0.3, -0.25) is 4.79 Å². The van der Waals surface area contributed by atoms with Crippen LogP contribution in [0.15, 0.2) is 48.5 Å². The van der Waals surface area contributed by atoms with E-state index in [1.54, 1.807) is 0 Å². The number of ether oxygens (including phenoxy) is 1. The molecule has 0 aliphatic rings. The van der Waals surface area contributed by atoms with E-state index in [2.05, 4.69) is 29.1 Å². The largest absolute Gasteiger partial charge is 0.469 e. The number of aryl methyl sites for hydroxylation is 1. The van der Waals surface area contributed by atoms with Crippen molar-refractivity contribution >= 4 is 17.3 Å². The van der Waals surface area contributed by atoms with Crippen molar-refractivity contribution in [2.75, 3.05) is 18.2 Å². The summed E-state index contributed by atoms with van der Waals surface area (Å²) >= 11 is 0. The van der Waals surface area contributed by atoms with E-state index in [9.17, 15) is 4.79 Å². The Balaban J connectivity index is 2.02. The Morgan fingerprint density at radius 3 is 2.59 bits per heavy atom. The lowest BCUT2D eigenvalue weighted by molar-refractivity contribution is -0.140. The number of carbonyl (C=O) groups excluding carboxylic acids is 1. The lowest BCUT2D eigenvalue weighted by Crippen LogP contribution is -2.08. The fourth-order valence-electron chi connectivity index (χ4n) is 2.31. The van der Waals surface area contributed by atoms with E-state index >= 15 is 0 Å². The summed E-state index contributed by atoms with van der Waals surface area (Å²) in [5.41, 5.74) is 9.93. The summed E-state index contributed by atoms with van der Waals surface area (Å²) in [5.74, 6) is -0.210. The van der Waals surface area contributed by atoms with Gasteiger partial charge in [0.15, 0.2) is 0 Å².